The summed E-state index contributed by atoms with van der Waals surface area (Å²) in [6, 6.07) is 32.0. The Morgan fingerprint density at radius 3 is 1.68 bits per heavy atom. The smallest absolute Gasteiger partial charge is 0.327 e. The number of hydrogen-bond acceptors (Lipinski definition) is 2. The summed E-state index contributed by atoms with van der Waals surface area (Å²) in [5.74, 6) is -1.92. The largest absolute Gasteiger partial charge is 0.480 e. The molecule has 0 fully saturated rings. The Kier molecular flexibility index (Phi) is 4.66. The molecular weight excluding hydrogens is 422 g/mol. The summed E-state index contributed by atoms with van der Waals surface area (Å²) >= 11 is 0. The first kappa shape index (κ1) is 20.2. The van der Waals surface area contributed by atoms with Crippen molar-refractivity contribution in [3.8, 4) is 11.1 Å². The Balaban J connectivity index is 1.49. The van der Waals surface area contributed by atoms with Crippen LogP contribution in [0.2, 0.25) is 0 Å². The Labute approximate surface area is 196 Å². The molecule has 0 radical (unpaired) electrons. The molecule has 2 N–H and O–H groups in total. The minimum Gasteiger partial charge on any atom is -0.480 e. The molecule has 4 nitrogen and oxygen atoms in total. The van der Waals surface area contributed by atoms with Crippen molar-refractivity contribution >= 4 is 33.4 Å². The van der Waals surface area contributed by atoms with E-state index in [9.17, 15) is 14.7 Å². The summed E-state index contributed by atoms with van der Waals surface area (Å²) in [5, 5.41) is 16.7. The molecule has 1 aliphatic carbocycles. The molecule has 34 heavy (non-hydrogen) atoms. The van der Waals surface area contributed by atoms with Crippen molar-refractivity contribution in [1.29, 1.82) is 0 Å². The van der Waals surface area contributed by atoms with Crippen LogP contribution in [-0.4, -0.2) is 23.0 Å². The predicted octanol–water partition coefficient (Wildman–Crippen LogP) is 5.99. The molecule has 5 aromatic rings. The number of fused-ring (bicyclic) bond motifs is 5. The Hall–Kier alpha value is -4.44. The molecule has 1 atom stereocenters. The summed E-state index contributed by atoms with van der Waals surface area (Å²) in [4.78, 5) is 26.4. The molecule has 164 valence electrons. The predicted molar refractivity (Wildman–Crippen MR) is 134 cm³/mol. The zero-order valence-corrected chi connectivity index (χ0v) is 18.2. The SMILES string of the molecule is O=C(N[C@@H](C(=O)O)C1c2ccccc2-c2ccccc21)c1c2ccccc2cc2ccccc12. The molecule has 1 amide bonds. The average molecular weight is 444 g/mol. The lowest BCUT2D eigenvalue weighted by Gasteiger charge is -2.24. The number of aliphatic carboxylic acids is 1. The fourth-order valence-electron chi connectivity index (χ4n) is 5.31. The van der Waals surface area contributed by atoms with Crippen molar-refractivity contribution in [3.63, 3.8) is 0 Å². The van der Waals surface area contributed by atoms with Gasteiger partial charge < -0.3 is 10.4 Å². The standard InChI is InChI=1S/C30H21NO3/c32-29(27-20-11-3-1-9-18(20)17-19-10-2-4-12-21(19)27)31-28(30(33)34)26-24-15-7-5-13-22(24)23-14-6-8-16-25(23)26/h1-17,26,28H,(H,31,32)(H,33,34)/t28-/m1/s1. The zero-order chi connectivity index (χ0) is 23.2. The third-order valence-electron chi connectivity index (χ3n) is 6.77. The van der Waals surface area contributed by atoms with Gasteiger partial charge in [0.2, 0.25) is 0 Å². The zero-order valence-electron chi connectivity index (χ0n) is 18.2. The van der Waals surface area contributed by atoms with E-state index in [4.69, 9.17) is 0 Å². The van der Waals surface area contributed by atoms with Crippen molar-refractivity contribution in [1.82, 2.24) is 5.32 Å². The molecule has 0 aromatic heterocycles. The van der Waals surface area contributed by atoms with Crippen molar-refractivity contribution in [3.05, 3.63) is 120 Å². The van der Waals surface area contributed by atoms with Crippen molar-refractivity contribution < 1.29 is 14.7 Å². The van der Waals surface area contributed by atoms with Crippen molar-refractivity contribution in [2.24, 2.45) is 0 Å². The van der Waals surface area contributed by atoms with E-state index in [2.05, 4.69) is 11.4 Å². The van der Waals surface area contributed by atoms with Gasteiger partial charge in [-0.2, -0.15) is 0 Å². The number of carbonyl (C=O) groups is 2. The van der Waals surface area contributed by atoms with E-state index in [1.807, 2.05) is 97.1 Å². The number of carboxylic acid groups (broad SMARTS) is 1. The summed E-state index contributed by atoms with van der Waals surface area (Å²) in [6.45, 7) is 0. The quantitative estimate of drug-likeness (QED) is 0.335. The van der Waals surface area contributed by atoms with E-state index in [0.29, 0.717) is 5.56 Å². The lowest BCUT2D eigenvalue weighted by Crippen LogP contribution is -2.45. The van der Waals surface area contributed by atoms with Gasteiger partial charge in [-0.05, 0) is 49.9 Å². The second-order valence-electron chi connectivity index (χ2n) is 8.64. The molecule has 6 rings (SSSR count). The maximum atomic E-state index is 13.8. The van der Waals surface area contributed by atoms with E-state index in [1.165, 1.54) is 0 Å². The van der Waals surface area contributed by atoms with Crippen LogP contribution in [0.3, 0.4) is 0 Å². The van der Waals surface area contributed by atoms with Gasteiger partial charge in [-0.25, -0.2) is 4.79 Å². The second kappa shape index (κ2) is 7.85. The highest BCUT2D eigenvalue weighted by atomic mass is 16.4. The number of nitrogens with one attached hydrogen (secondary N) is 1. The average Bonchev–Trinajstić information content (AvgIpc) is 3.19. The van der Waals surface area contributed by atoms with Gasteiger partial charge in [-0.3, -0.25) is 4.79 Å². The van der Waals surface area contributed by atoms with E-state index >= 15 is 0 Å². The van der Waals surface area contributed by atoms with Gasteiger partial charge in [-0.1, -0.05) is 97.1 Å². The van der Waals surface area contributed by atoms with Crippen LogP contribution < -0.4 is 5.32 Å². The van der Waals surface area contributed by atoms with Crippen LogP contribution in [0.1, 0.15) is 27.4 Å². The number of amides is 1. The monoisotopic (exact) mass is 443 g/mol. The Bertz CT molecular complexity index is 1500. The Morgan fingerprint density at radius 2 is 1.15 bits per heavy atom. The number of carboxylic acids is 1. The molecule has 0 bridgehead atoms. The van der Waals surface area contributed by atoms with Gasteiger partial charge in [0.05, 0.1) is 5.56 Å². The molecule has 0 unspecified atom stereocenters. The molecule has 1 aliphatic rings. The van der Waals surface area contributed by atoms with Crippen LogP contribution in [0, 0.1) is 0 Å². The molecule has 0 aliphatic heterocycles. The van der Waals surface area contributed by atoms with E-state index in [1.54, 1.807) is 0 Å². The van der Waals surface area contributed by atoms with E-state index in [0.717, 1.165) is 43.8 Å². The molecular formula is C30H21NO3. The molecule has 0 spiro atoms. The molecule has 0 saturated carbocycles. The number of benzene rings is 5. The first-order valence-corrected chi connectivity index (χ1v) is 11.3. The molecule has 0 saturated heterocycles. The summed E-state index contributed by atoms with van der Waals surface area (Å²) in [6.07, 6.45) is 0. The lowest BCUT2D eigenvalue weighted by molar-refractivity contribution is -0.139. The van der Waals surface area contributed by atoms with Gasteiger partial charge in [0.1, 0.15) is 6.04 Å². The Morgan fingerprint density at radius 1 is 0.676 bits per heavy atom. The third-order valence-corrected chi connectivity index (χ3v) is 6.77. The lowest BCUT2D eigenvalue weighted by atomic mass is 9.88. The van der Waals surface area contributed by atoms with Gasteiger partial charge >= 0.3 is 5.97 Å². The first-order valence-electron chi connectivity index (χ1n) is 11.3. The maximum Gasteiger partial charge on any atom is 0.327 e. The highest BCUT2D eigenvalue weighted by Crippen LogP contribution is 2.46. The number of carbonyl (C=O) groups excluding carboxylic acids is 1. The van der Waals surface area contributed by atoms with Crippen LogP contribution >= 0.6 is 0 Å². The first-order chi connectivity index (χ1) is 16.6. The van der Waals surface area contributed by atoms with Crippen LogP contribution in [0.15, 0.2) is 103 Å². The van der Waals surface area contributed by atoms with Crippen molar-refractivity contribution in [2.75, 3.05) is 0 Å². The van der Waals surface area contributed by atoms with E-state index < -0.39 is 17.9 Å². The van der Waals surface area contributed by atoms with Crippen LogP contribution in [0.4, 0.5) is 0 Å². The number of rotatable bonds is 4. The minimum atomic E-state index is -1.12. The van der Waals surface area contributed by atoms with Crippen molar-refractivity contribution in [2.45, 2.75) is 12.0 Å². The summed E-state index contributed by atoms with van der Waals surface area (Å²) in [5.41, 5.74) is 4.36. The minimum absolute atomic E-state index is 0.387. The summed E-state index contributed by atoms with van der Waals surface area (Å²) < 4.78 is 0. The third kappa shape index (κ3) is 3.07. The van der Waals surface area contributed by atoms with Crippen LogP contribution in [-0.2, 0) is 4.79 Å². The van der Waals surface area contributed by atoms with Gasteiger partial charge in [-0.15, -0.1) is 0 Å². The van der Waals surface area contributed by atoms with Gasteiger partial charge in [0, 0.05) is 5.92 Å². The van der Waals surface area contributed by atoms with Gasteiger partial charge in [0.25, 0.3) is 5.91 Å². The van der Waals surface area contributed by atoms with Crippen LogP contribution in [0.25, 0.3) is 32.7 Å². The number of hydrogen-bond donors (Lipinski definition) is 2. The normalized spacial score (nSPS) is 13.4. The fourth-order valence-corrected chi connectivity index (χ4v) is 5.31. The molecule has 4 heteroatoms. The molecule has 0 heterocycles. The second-order valence-corrected chi connectivity index (χ2v) is 8.64. The van der Waals surface area contributed by atoms with Crippen LogP contribution in [0.5, 0.6) is 0 Å². The molecule has 5 aromatic carbocycles. The van der Waals surface area contributed by atoms with E-state index in [-0.39, 0.29) is 5.91 Å². The highest BCUT2D eigenvalue weighted by Gasteiger charge is 2.39. The topological polar surface area (TPSA) is 66.4 Å². The fraction of sp³-hybridized carbons (Fsp3) is 0.0667. The highest BCUT2D eigenvalue weighted by molar-refractivity contribution is 6.18. The summed E-state index contributed by atoms with van der Waals surface area (Å²) in [7, 11) is 0. The van der Waals surface area contributed by atoms with Gasteiger partial charge in [0.15, 0.2) is 0 Å². The maximum absolute atomic E-state index is 13.8.